The quantitative estimate of drug-likeness (QED) is 0.217. The van der Waals surface area contributed by atoms with Crippen molar-refractivity contribution in [3.05, 3.63) is 54.4 Å². The lowest BCUT2D eigenvalue weighted by molar-refractivity contribution is 0.215. The monoisotopic (exact) mass is 498 g/mol. The number of nitrogens with one attached hydrogen (secondary N) is 2. The first-order valence-electron chi connectivity index (χ1n) is 9.96. The van der Waals surface area contributed by atoms with Crippen LogP contribution in [0.3, 0.4) is 0 Å². The number of rotatable bonds is 11. The van der Waals surface area contributed by atoms with Gasteiger partial charge in [0.15, 0.2) is 5.96 Å². The average Bonchev–Trinajstić information content (AvgIpc) is 3.22. The predicted molar refractivity (Wildman–Crippen MR) is 128 cm³/mol. The molecule has 1 unspecified atom stereocenters. The number of aromatic nitrogens is 2. The largest absolute Gasteiger partial charge is 0.356 e. The molecule has 0 aliphatic rings. The Labute approximate surface area is 186 Å². The zero-order valence-electron chi connectivity index (χ0n) is 17.3. The summed E-state index contributed by atoms with van der Waals surface area (Å²) >= 11 is 0. The third-order valence-electron chi connectivity index (χ3n) is 4.79. The fourth-order valence-corrected chi connectivity index (χ4v) is 3.27. The lowest BCUT2D eigenvalue weighted by Gasteiger charge is -2.30. The van der Waals surface area contributed by atoms with Crippen LogP contribution in [0.4, 0.5) is 0 Å². The van der Waals surface area contributed by atoms with Gasteiger partial charge < -0.3 is 10.6 Å². The van der Waals surface area contributed by atoms with Crippen LogP contribution in [0, 0.1) is 0 Å². The van der Waals surface area contributed by atoms with Gasteiger partial charge in [-0.3, -0.25) is 14.6 Å². The Morgan fingerprint density at radius 3 is 2.50 bits per heavy atom. The van der Waals surface area contributed by atoms with Gasteiger partial charge in [0.2, 0.25) is 0 Å². The van der Waals surface area contributed by atoms with Gasteiger partial charge in [-0.1, -0.05) is 44.2 Å². The molecule has 156 valence electrons. The van der Waals surface area contributed by atoms with E-state index < -0.39 is 0 Å². The standard InChI is InChI=1S/C21H34N6.HI/c1-4-26(5-2)20(17-19-11-7-6-8-12-19)18-24-21(22-3)23-13-9-15-27-16-10-14-25-27;/h6-8,10-12,14,16,20H,4-5,9,13,15,17-18H2,1-3H3,(H2,22,23,24);1H. The third kappa shape index (κ3) is 8.60. The Balaban J connectivity index is 0.00000392. The summed E-state index contributed by atoms with van der Waals surface area (Å²) in [6.07, 6.45) is 5.84. The molecule has 0 aliphatic heterocycles. The normalized spacial score (nSPS) is 12.5. The molecule has 0 fully saturated rings. The fraction of sp³-hybridized carbons (Fsp3) is 0.524. The molecule has 28 heavy (non-hydrogen) atoms. The van der Waals surface area contributed by atoms with Crippen molar-refractivity contribution >= 4 is 29.9 Å². The van der Waals surface area contributed by atoms with Crippen molar-refractivity contribution in [1.29, 1.82) is 0 Å². The summed E-state index contributed by atoms with van der Waals surface area (Å²) in [6, 6.07) is 13.1. The third-order valence-corrected chi connectivity index (χ3v) is 4.79. The van der Waals surface area contributed by atoms with Crippen LogP contribution in [-0.4, -0.2) is 59.9 Å². The highest BCUT2D eigenvalue weighted by molar-refractivity contribution is 14.0. The van der Waals surface area contributed by atoms with Crippen molar-refractivity contribution in [2.75, 3.05) is 33.2 Å². The minimum Gasteiger partial charge on any atom is -0.356 e. The first kappa shape index (κ1) is 24.4. The van der Waals surface area contributed by atoms with Crippen LogP contribution in [-0.2, 0) is 13.0 Å². The molecular weight excluding hydrogens is 463 g/mol. The molecule has 6 nitrogen and oxygen atoms in total. The van der Waals surface area contributed by atoms with E-state index in [-0.39, 0.29) is 24.0 Å². The van der Waals surface area contributed by atoms with Crippen LogP contribution in [0.5, 0.6) is 0 Å². The van der Waals surface area contributed by atoms with E-state index in [9.17, 15) is 0 Å². The summed E-state index contributed by atoms with van der Waals surface area (Å²) in [5.74, 6) is 0.862. The van der Waals surface area contributed by atoms with Gasteiger partial charge in [-0.15, -0.1) is 24.0 Å². The van der Waals surface area contributed by atoms with Gasteiger partial charge >= 0.3 is 0 Å². The maximum Gasteiger partial charge on any atom is 0.191 e. The second-order valence-corrected chi connectivity index (χ2v) is 6.57. The summed E-state index contributed by atoms with van der Waals surface area (Å²) in [4.78, 5) is 6.87. The molecule has 0 amide bonds. The maximum absolute atomic E-state index is 4.37. The van der Waals surface area contributed by atoms with E-state index >= 15 is 0 Å². The van der Waals surface area contributed by atoms with Crippen LogP contribution in [0.1, 0.15) is 25.8 Å². The van der Waals surface area contributed by atoms with E-state index in [2.05, 4.69) is 69.8 Å². The number of benzene rings is 1. The molecule has 7 heteroatoms. The molecule has 0 bridgehead atoms. The van der Waals surface area contributed by atoms with E-state index in [0.29, 0.717) is 6.04 Å². The molecule has 1 atom stereocenters. The first-order chi connectivity index (χ1) is 13.3. The molecule has 0 radical (unpaired) electrons. The molecule has 0 aliphatic carbocycles. The van der Waals surface area contributed by atoms with E-state index in [4.69, 9.17) is 0 Å². The van der Waals surface area contributed by atoms with Crippen LogP contribution < -0.4 is 10.6 Å². The van der Waals surface area contributed by atoms with Gasteiger partial charge in [-0.25, -0.2) is 0 Å². The number of halogens is 1. The van der Waals surface area contributed by atoms with Crippen LogP contribution in [0.15, 0.2) is 53.8 Å². The van der Waals surface area contributed by atoms with Gasteiger partial charge in [0.25, 0.3) is 0 Å². The summed E-state index contributed by atoms with van der Waals surface area (Å²) in [7, 11) is 1.83. The molecule has 0 saturated carbocycles. The molecule has 2 aromatic rings. The minimum atomic E-state index is 0. The maximum atomic E-state index is 4.37. The smallest absolute Gasteiger partial charge is 0.191 e. The van der Waals surface area contributed by atoms with Gasteiger partial charge in [-0.05, 0) is 37.6 Å². The fourth-order valence-electron chi connectivity index (χ4n) is 3.27. The highest BCUT2D eigenvalue weighted by Crippen LogP contribution is 2.08. The van der Waals surface area contributed by atoms with E-state index in [1.807, 2.05) is 30.2 Å². The zero-order chi connectivity index (χ0) is 19.3. The van der Waals surface area contributed by atoms with E-state index in [0.717, 1.165) is 51.5 Å². The summed E-state index contributed by atoms with van der Waals surface area (Å²) in [6.45, 7) is 9.20. The van der Waals surface area contributed by atoms with E-state index in [1.54, 1.807) is 0 Å². The number of guanidine groups is 1. The molecule has 0 spiro atoms. The predicted octanol–water partition coefficient (Wildman–Crippen LogP) is 3.01. The van der Waals surface area contributed by atoms with Crippen LogP contribution in [0.2, 0.25) is 0 Å². The summed E-state index contributed by atoms with van der Waals surface area (Å²) in [5, 5.41) is 11.1. The second-order valence-electron chi connectivity index (χ2n) is 6.57. The molecule has 1 heterocycles. The average molecular weight is 498 g/mol. The molecule has 2 rings (SSSR count). The highest BCUT2D eigenvalue weighted by Gasteiger charge is 2.16. The van der Waals surface area contributed by atoms with Crippen molar-refractivity contribution in [3.63, 3.8) is 0 Å². The Morgan fingerprint density at radius 1 is 1.14 bits per heavy atom. The van der Waals surface area contributed by atoms with Crippen molar-refractivity contribution in [1.82, 2.24) is 25.3 Å². The topological polar surface area (TPSA) is 57.5 Å². The number of hydrogen-bond acceptors (Lipinski definition) is 3. The molecule has 2 N–H and O–H groups in total. The Bertz CT molecular complexity index is 640. The SMILES string of the molecule is CCN(CC)C(CNC(=NC)NCCCn1cccn1)Cc1ccccc1.I. The van der Waals surface area contributed by atoms with Gasteiger partial charge in [0.1, 0.15) is 0 Å². The van der Waals surface area contributed by atoms with Crippen LogP contribution in [0.25, 0.3) is 0 Å². The second kappa shape index (κ2) is 14.4. The molecular formula is C21H35IN6. The molecule has 0 saturated heterocycles. The zero-order valence-corrected chi connectivity index (χ0v) is 19.7. The Hall–Kier alpha value is -1.61. The Kier molecular flexibility index (Phi) is 12.6. The minimum absolute atomic E-state index is 0. The van der Waals surface area contributed by atoms with Crippen molar-refractivity contribution in [2.24, 2.45) is 4.99 Å². The molecule has 1 aromatic heterocycles. The van der Waals surface area contributed by atoms with Crippen molar-refractivity contribution in [3.8, 4) is 0 Å². The lowest BCUT2D eigenvalue weighted by Crippen LogP contribution is -2.48. The lowest BCUT2D eigenvalue weighted by atomic mass is 10.0. The molecule has 1 aromatic carbocycles. The van der Waals surface area contributed by atoms with E-state index in [1.165, 1.54) is 5.56 Å². The first-order valence-corrected chi connectivity index (χ1v) is 9.96. The van der Waals surface area contributed by atoms with Gasteiger partial charge in [0.05, 0.1) is 0 Å². The number of aryl methyl sites for hydroxylation is 1. The van der Waals surface area contributed by atoms with Crippen LogP contribution >= 0.6 is 24.0 Å². The van der Waals surface area contributed by atoms with Crippen molar-refractivity contribution < 1.29 is 0 Å². The number of hydrogen-bond donors (Lipinski definition) is 2. The summed E-state index contributed by atoms with van der Waals surface area (Å²) < 4.78 is 1.95. The van der Waals surface area contributed by atoms with Gasteiger partial charge in [-0.2, -0.15) is 5.10 Å². The number of nitrogens with zero attached hydrogens (tertiary/aromatic N) is 4. The highest BCUT2D eigenvalue weighted by atomic mass is 127. The Morgan fingerprint density at radius 2 is 1.89 bits per heavy atom. The van der Waals surface area contributed by atoms with Gasteiger partial charge in [0, 0.05) is 45.1 Å². The number of likely N-dealkylation sites (N-methyl/N-ethyl adjacent to an activating group) is 1. The summed E-state index contributed by atoms with van der Waals surface area (Å²) in [5.41, 5.74) is 1.37. The number of aliphatic imine (C=N–C) groups is 1. The van der Waals surface area contributed by atoms with Crippen molar-refractivity contribution in [2.45, 2.75) is 39.3 Å².